The van der Waals surface area contributed by atoms with Gasteiger partial charge in [-0.05, 0) is 30.0 Å². The number of primary amides is 1. The fraction of sp³-hybridized carbons (Fsp3) is 0.111. The summed E-state index contributed by atoms with van der Waals surface area (Å²) in [4.78, 5) is 28.0. The minimum atomic E-state index is -0.573. The molecular formula is C18H17N5O2S2. The Kier molecular flexibility index (Phi) is 6.05. The molecule has 3 aromatic rings. The lowest BCUT2D eigenvalue weighted by molar-refractivity contribution is -0.115. The predicted octanol–water partition coefficient (Wildman–Crippen LogP) is 3.25. The van der Waals surface area contributed by atoms with Gasteiger partial charge >= 0.3 is 0 Å². The van der Waals surface area contributed by atoms with Crippen LogP contribution in [0, 0.1) is 0 Å². The number of carbonyl (C=O) groups is 2. The number of hydrogen-bond acceptors (Lipinski definition) is 6. The molecule has 0 spiro atoms. The number of amides is 2. The second-order valence-electron chi connectivity index (χ2n) is 5.52. The molecule has 0 aliphatic heterocycles. The molecule has 1 atom stereocenters. The van der Waals surface area contributed by atoms with Crippen molar-refractivity contribution in [2.45, 2.75) is 17.3 Å². The molecule has 0 saturated heterocycles. The Morgan fingerprint density at radius 2 is 2.04 bits per heavy atom. The fourth-order valence-corrected chi connectivity index (χ4v) is 3.68. The van der Waals surface area contributed by atoms with Crippen molar-refractivity contribution in [1.29, 1.82) is 0 Å². The smallest absolute Gasteiger partial charge is 0.251 e. The van der Waals surface area contributed by atoms with E-state index in [0.717, 1.165) is 5.56 Å². The van der Waals surface area contributed by atoms with Gasteiger partial charge in [-0.3, -0.25) is 14.7 Å². The number of benzene rings is 1. The lowest BCUT2D eigenvalue weighted by atomic mass is 10.2. The van der Waals surface area contributed by atoms with Gasteiger partial charge in [0.1, 0.15) is 10.8 Å². The summed E-state index contributed by atoms with van der Waals surface area (Å²) in [5, 5.41) is 11.8. The van der Waals surface area contributed by atoms with E-state index in [1.807, 2.05) is 42.5 Å². The first-order valence-electron chi connectivity index (χ1n) is 8.03. The Labute approximate surface area is 164 Å². The van der Waals surface area contributed by atoms with Gasteiger partial charge in [-0.2, -0.15) is 0 Å². The number of nitrogens with two attached hydrogens (primary N) is 1. The minimum Gasteiger partial charge on any atom is -0.366 e. The summed E-state index contributed by atoms with van der Waals surface area (Å²) in [5.41, 5.74) is 6.64. The van der Waals surface area contributed by atoms with E-state index in [2.05, 4.69) is 20.5 Å². The maximum Gasteiger partial charge on any atom is 0.251 e. The number of rotatable bonds is 7. The van der Waals surface area contributed by atoms with E-state index >= 15 is 0 Å². The third-order valence-electron chi connectivity index (χ3n) is 3.53. The van der Waals surface area contributed by atoms with Crippen molar-refractivity contribution < 1.29 is 9.59 Å². The number of thiophene rings is 1. The summed E-state index contributed by atoms with van der Waals surface area (Å²) < 4.78 is 0. The van der Waals surface area contributed by atoms with Crippen LogP contribution < -0.4 is 11.1 Å². The highest BCUT2D eigenvalue weighted by molar-refractivity contribution is 8.00. The molecule has 27 heavy (non-hydrogen) atoms. The van der Waals surface area contributed by atoms with E-state index < -0.39 is 11.2 Å². The Balaban J connectivity index is 1.59. The molecule has 1 aromatic carbocycles. The van der Waals surface area contributed by atoms with Crippen LogP contribution in [0.1, 0.15) is 28.7 Å². The zero-order chi connectivity index (χ0) is 19.2. The molecule has 7 nitrogen and oxygen atoms in total. The van der Waals surface area contributed by atoms with Gasteiger partial charge in [0.15, 0.2) is 0 Å². The van der Waals surface area contributed by atoms with Crippen LogP contribution in [0.2, 0.25) is 0 Å². The molecule has 138 valence electrons. The van der Waals surface area contributed by atoms with Crippen LogP contribution >= 0.6 is 23.1 Å². The molecule has 0 saturated carbocycles. The molecule has 1 unspecified atom stereocenters. The summed E-state index contributed by atoms with van der Waals surface area (Å²) in [7, 11) is 0. The van der Waals surface area contributed by atoms with Gasteiger partial charge in [0.25, 0.3) is 5.91 Å². The molecule has 0 aliphatic rings. The molecule has 0 radical (unpaired) electrons. The van der Waals surface area contributed by atoms with Crippen molar-refractivity contribution in [3.8, 4) is 0 Å². The van der Waals surface area contributed by atoms with E-state index in [-0.39, 0.29) is 5.91 Å². The third kappa shape index (κ3) is 5.05. The zero-order valence-electron chi connectivity index (χ0n) is 14.4. The summed E-state index contributed by atoms with van der Waals surface area (Å²) in [5.74, 6) is -0.227. The lowest BCUT2D eigenvalue weighted by Crippen LogP contribution is -2.23. The van der Waals surface area contributed by atoms with Crippen molar-refractivity contribution in [2.75, 3.05) is 5.32 Å². The Bertz CT molecular complexity index is 965. The van der Waals surface area contributed by atoms with Crippen molar-refractivity contribution in [1.82, 2.24) is 15.2 Å². The number of nitrogens with one attached hydrogen (secondary N) is 2. The molecule has 9 heteroatoms. The van der Waals surface area contributed by atoms with Crippen LogP contribution in [0.5, 0.6) is 0 Å². The number of carbonyl (C=O) groups excluding carboxylic acids is 2. The Hall–Kier alpha value is -2.91. The van der Waals surface area contributed by atoms with Gasteiger partial charge in [0.05, 0.1) is 10.8 Å². The van der Waals surface area contributed by atoms with Crippen LogP contribution in [0.15, 0.2) is 46.9 Å². The molecule has 0 bridgehead atoms. The molecule has 0 fully saturated rings. The first kappa shape index (κ1) is 18.9. The van der Waals surface area contributed by atoms with Gasteiger partial charge in [0.2, 0.25) is 11.1 Å². The number of aromatic nitrogens is 3. The third-order valence-corrected chi connectivity index (χ3v) is 5.33. The van der Waals surface area contributed by atoms with Gasteiger partial charge < -0.3 is 11.1 Å². The van der Waals surface area contributed by atoms with Crippen LogP contribution in [0.3, 0.4) is 0 Å². The van der Waals surface area contributed by atoms with E-state index in [1.165, 1.54) is 23.1 Å². The maximum absolute atomic E-state index is 12.3. The number of H-pyrrole nitrogens is 1. The first-order chi connectivity index (χ1) is 13.0. The molecule has 3 rings (SSSR count). The van der Waals surface area contributed by atoms with E-state index in [1.54, 1.807) is 18.4 Å². The maximum atomic E-state index is 12.3. The fourth-order valence-electron chi connectivity index (χ4n) is 2.15. The highest BCUT2D eigenvalue weighted by Gasteiger charge is 2.19. The second-order valence-corrected chi connectivity index (χ2v) is 7.75. The van der Waals surface area contributed by atoms with Crippen molar-refractivity contribution in [2.24, 2.45) is 5.73 Å². The average molecular weight is 400 g/mol. The topological polar surface area (TPSA) is 114 Å². The Morgan fingerprint density at radius 3 is 2.78 bits per heavy atom. The predicted molar refractivity (Wildman–Crippen MR) is 109 cm³/mol. The summed E-state index contributed by atoms with van der Waals surface area (Å²) in [6, 6.07) is 11.4. The second kappa shape index (κ2) is 8.65. The molecular weight excluding hydrogens is 382 g/mol. The van der Waals surface area contributed by atoms with Gasteiger partial charge in [0, 0.05) is 0 Å². The average Bonchev–Trinajstić information content (AvgIpc) is 3.30. The lowest BCUT2D eigenvalue weighted by Gasteiger charge is -2.09. The van der Waals surface area contributed by atoms with Crippen LogP contribution in [0.25, 0.3) is 12.2 Å². The van der Waals surface area contributed by atoms with Crippen molar-refractivity contribution in [3.05, 3.63) is 58.7 Å². The number of thioether (sulfide) groups is 1. The van der Waals surface area contributed by atoms with Gasteiger partial charge in [-0.15, -0.1) is 16.4 Å². The van der Waals surface area contributed by atoms with Gasteiger partial charge in [-0.25, -0.2) is 4.98 Å². The monoisotopic (exact) mass is 399 g/mol. The zero-order valence-corrected chi connectivity index (χ0v) is 16.0. The summed E-state index contributed by atoms with van der Waals surface area (Å²) >= 11 is 2.47. The van der Waals surface area contributed by atoms with Crippen LogP contribution in [-0.4, -0.2) is 32.2 Å². The summed E-state index contributed by atoms with van der Waals surface area (Å²) in [6.45, 7) is 1.74. The molecule has 0 aliphatic carbocycles. The molecule has 2 amide bonds. The SMILES string of the molecule is CC(Sc1n[nH]c(/C=C/c2ccccc2)n1)C(=O)Nc1sccc1C(N)=O. The van der Waals surface area contributed by atoms with Crippen molar-refractivity contribution >= 4 is 52.1 Å². The minimum absolute atomic E-state index is 0.254. The summed E-state index contributed by atoms with van der Waals surface area (Å²) in [6.07, 6.45) is 3.75. The number of anilines is 1. The molecule has 2 aromatic heterocycles. The van der Waals surface area contributed by atoms with Gasteiger partial charge in [-0.1, -0.05) is 48.2 Å². The molecule has 4 N–H and O–H groups in total. The highest BCUT2D eigenvalue weighted by atomic mass is 32.2. The Morgan fingerprint density at radius 1 is 1.26 bits per heavy atom. The largest absolute Gasteiger partial charge is 0.366 e. The van der Waals surface area contributed by atoms with E-state index in [9.17, 15) is 9.59 Å². The first-order valence-corrected chi connectivity index (χ1v) is 9.79. The van der Waals surface area contributed by atoms with Crippen molar-refractivity contribution in [3.63, 3.8) is 0 Å². The highest BCUT2D eigenvalue weighted by Crippen LogP contribution is 2.25. The van der Waals surface area contributed by atoms with Crippen LogP contribution in [0.4, 0.5) is 5.00 Å². The van der Waals surface area contributed by atoms with E-state index in [0.29, 0.717) is 21.5 Å². The van der Waals surface area contributed by atoms with Crippen LogP contribution in [-0.2, 0) is 4.79 Å². The standard InChI is InChI=1S/C18H17N5O2S2/c1-11(16(25)21-17-13(15(19)24)9-10-26-17)27-18-20-14(22-23-18)8-7-12-5-3-2-4-6-12/h2-11H,1H3,(H2,19,24)(H,21,25)(H,20,22,23)/b8-7+. The number of hydrogen-bond donors (Lipinski definition) is 3. The number of nitrogens with zero attached hydrogens (tertiary/aromatic N) is 2. The normalized spacial score (nSPS) is 12.2. The van der Waals surface area contributed by atoms with E-state index in [4.69, 9.17) is 5.73 Å². The molecule has 2 heterocycles. The number of aromatic amines is 1. The quantitative estimate of drug-likeness (QED) is 0.528.